The molecule has 104 valence electrons. The molecule has 3 nitrogen and oxygen atoms in total. The molecular formula is C16H24N2O. The zero-order valence-corrected chi connectivity index (χ0v) is 12.0. The fourth-order valence-corrected chi connectivity index (χ4v) is 3.69. The van der Waals surface area contributed by atoms with E-state index >= 15 is 0 Å². The Balaban J connectivity index is 1.78. The van der Waals surface area contributed by atoms with Gasteiger partial charge in [-0.1, -0.05) is 6.07 Å². The van der Waals surface area contributed by atoms with Gasteiger partial charge in [0.2, 0.25) is 0 Å². The van der Waals surface area contributed by atoms with E-state index in [2.05, 4.69) is 30.3 Å². The molecule has 1 N–H and O–H groups in total. The van der Waals surface area contributed by atoms with Gasteiger partial charge in [0, 0.05) is 25.0 Å². The summed E-state index contributed by atoms with van der Waals surface area (Å²) in [6.45, 7) is 3.03. The largest absolute Gasteiger partial charge is 0.375 e. The van der Waals surface area contributed by atoms with Gasteiger partial charge in [-0.2, -0.15) is 0 Å². The number of aromatic nitrogens is 1. The van der Waals surface area contributed by atoms with E-state index in [0.29, 0.717) is 12.0 Å². The number of aryl methyl sites for hydroxylation is 1. The van der Waals surface area contributed by atoms with E-state index in [1.165, 1.54) is 36.8 Å². The second-order valence-electron chi connectivity index (χ2n) is 6.20. The average Bonchev–Trinajstić information content (AvgIpc) is 2.38. The van der Waals surface area contributed by atoms with Crippen molar-refractivity contribution in [3.8, 4) is 0 Å². The Bertz CT molecular complexity index is 442. The van der Waals surface area contributed by atoms with Crippen LogP contribution in [0.25, 0.3) is 0 Å². The molecule has 3 rings (SSSR count). The van der Waals surface area contributed by atoms with E-state index in [1.54, 1.807) is 0 Å². The number of hydrogen-bond donors (Lipinski definition) is 1. The lowest BCUT2D eigenvalue weighted by Crippen LogP contribution is -2.47. The molecule has 1 aliphatic carbocycles. The molecule has 19 heavy (non-hydrogen) atoms. The smallest absolute Gasteiger partial charge is 0.0686 e. The third-order valence-corrected chi connectivity index (χ3v) is 4.83. The van der Waals surface area contributed by atoms with Gasteiger partial charge < -0.3 is 10.1 Å². The van der Waals surface area contributed by atoms with Crippen molar-refractivity contribution in [2.45, 2.75) is 50.7 Å². The lowest BCUT2D eigenvalue weighted by molar-refractivity contribution is -0.147. The van der Waals surface area contributed by atoms with E-state index < -0.39 is 0 Å². The fraction of sp³-hybridized carbons (Fsp3) is 0.688. The van der Waals surface area contributed by atoms with Gasteiger partial charge in [0.25, 0.3) is 0 Å². The molecule has 1 saturated heterocycles. The van der Waals surface area contributed by atoms with Crippen LogP contribution in [0.5, 0.6) is 0 Å². The SMILES string of the molecule is CNC(c1cncc(C)c1)C1CCOC2(CCC2)C1. The van der Waals surface area contributed by atoms with Crippen molar-refractivity contribution in [3.63, 3.8) is 0 Å². The Labute approximate surface area is 115 Å². The molecule has 0 aromatic carbocycles. The quantitative estimate of drug-likeness (QED) is 0.907. The molecule has 0 amide bonds. The summed E-state index contributed by atoms with van der Waals surface area (Å²) >= 11 is 0. The van der Waals surface area contributed by atoms with E-state index in [0.717, 1.165) is 13.0 Å². The van der Waals surface area contributed by atoms with Crippen molar-refractivity contribution >= 4 is 0 Å². The highest BCUT2D eigenvalue weighted by Crippen LogP contribution is 2.47. The first-order valence-corrected chi connectivity index (χ1v) is 7.45. The van der Waals surface area contributed by atoms with Crippen LogP contribution in [0.4, 0.5) is 0 Å². The fourth-order valence-electron chi connectivity index (χ4n) is 3.69. The normalized spacial score (nSPS) is 26.9. The van der Waals surface area contributed by atoms with Crippen LogP contribution in [0.1, 0.15) is 49.3 Å². The molecule has 3 heteroatoms. The van der Waals surface area contributed by atoms with Crippen molar-refractivity contribution in [1.82, 2.24) is 10.3 Å². The van der Waals surface area contributed by atoms with E-state index in [4.69, 9.17) is 4.74 Å². The van der Waals surface area contributed by atoms with Gasteiger partial charge in [0.05, 0.1) is 5.60 Å². The molecular weight excluding hydrogens is 236 g/mol. The van der Waals surface area contributed by atoms with Crippen LogP contribution in [-0.2, 0) is 4.74 Å². The third kappa shape index (κ3) is 2.54. The first kappa shape index (κ1) is 13.1. The van der Waals surface area contributed by atoms with Crippen LogP contribution in [0, 0.1) is 12.8 Å². The summed E-state index contributed by atoms with van der Waals surface area (Å²) in [6, 6.07) is 2.67. The predicted molar refractivity (Wildman–Crippen MR) is 76.0 cm³/mol. The Morgan fingerprint density at radius 3 is 2.89 bits per heavy atom. The Morgan fingerprint density at radius 1 is 1.42 bits per heavy atom. The molecule has 2 aliphatic rings. The number of nitrogens with zero attached hydrogens (tertiary/aromatic N) is 1. The van der Waals surface area contributed by atoms with Crippen LogP contribution in [0.15, 0.2) is 18.5 Å². The summed E-state index contributed by atoms with van der Waals surface area (Å²) in [5, 5.41) is 3.51. The van der Waals surface area contributed by atoms with E-state index in [9.17, 15) is 0 Å². The number of ether oxygens (including phenoxy) is 1. The predicted octanol–water partition coefficient (Wildman–Crippen LogP) is 3.00. The lowest BCUT2D eigenvalue weighted by atomic mass is 9.70. The number of hydrogen-bond acceptors (Lipinski definition) is 3. The molecule has 1 spiro atoms. The molecule has 1 aromatic heterocycles. The zero-order chi connectivity index (χ0) is 13.3. The Kier molecular flexibility index (Phi) is 3.59. The average molecular weight is 260 g/mol. The van der Waals surface area contributed by atoms with Crippen molar-refractivity contribution in [3.05, 3.63) is 29.6 Å². The minimum atomic E-state index is 0.218. The van der Waals surface area contributed by atoms with Gasteiger partial charge in [-0.3, -0.25) is 4.98 Å². The minimum Gasteiger partial charge on any atom is -0.375 e. The van der Waals surface area contributed by atoms with Gasteiger partial charge in [0.1, 0.15) is 0 Å². The summed E-state index contributed by atoms with van der Waals surface area (Å²) in [4.78, 5) is 4.35. The van der Waals surface area contributed by atoms with Gasteiger partial charge in [-0.05, 0) is 63.1 Å². The maximum absolute atomic E-state index is 6.04. The molecule has 1 saturated carbocycles. The third-order valence-electron chi connectivity index (χ3n) is 4.83. The number of pyridine rings is 1. The van der Waals surface area contributed by atoms with E-state index in [1.807, 2.05) is 12.4 Å². The zero-order valence-electron chi connectivity index (χ0n) is 12.0. The lowest BCUT2D eigenvalue weighted by Gasteiger charge is -2.48. The van der Waals surface area contributed by atoms with Gasteiger partial charge in [-0.15, -0.1) is 0 Å². The summed E-state index contributed by atoms with van der Waals surface area (Å²) in [5.41, 5.74) is 2.78. The molecule has 0 radical (unpaired) electrons. The van der Waals surface area contributed by atoms with Crippen molar-refractivity contribution in [2.24, 2.45) is 5.92 Å². The molecule has 1 aliphatic heterocycles. The standard InChI is InChI=1S/C16H24N2O/c1-12-8-14(11-18-10-12)15(17-2)13-4-7-19-16(9-13)5-3-6-16/h8,10-11,13,15,17H,3-7,9H2,1-2H3. The van der Waals surface area contributed by atoms with Crippen LogP contribution >= 0.6 is 0 Å². The summed E-state index contributed by atoms with van der Waals surface area (Å²) in [6.07, 6.45) is 10.1. The second-order valence-corrected chi connectivity index (χ2v) is 6.20. The van der Waals surface area contributed by atoms with Crippen LogP contribution in [0.2, 0.25) is 0 Å². The molecule has 0 bridgehead atoms. The summed E-state index contributed by atoms with van der Waals surface area (Å²) in [5.74, 6) is 0.669. The van der Waals surface area contributed by atoms with Gasteiger partial charge in [0.15, 0.2) is 0 Å². The Morgan fingerprint density at radius 2 is 2.26 bits per heavy atom. The molecule has 2 fully saturated rings. The van der Waals surface area contributed by atoms with Gasteiger partial charge >= 0.3 is 0 Å². The molecule has 1 aromatic rings. The first-order valence-electron chi connectivity index (χ1n) is 7.45. The second kappa shape index (κ2) is 5.22. The van der Waals surface area contributed by atoms with Crippen molar-refractivity contribution in [2.75, 3.05) is 13.7 Å². The highest BCUT2D eigenvalue weighted by molar-refractivity contribution is 5.21. The number of rotatable bonds is 3. The van der Waals surface area contributed by atoms with Crippen molar-refractivity contribution < 1.29 is 4.74 Å². The van der Waals surface area contributed by atoms with Crippen LogP contribution in [-0.4, -0.2) is 24.2 Å². The molecule has 2 atom stereocenters. The highest BCUT2D eigenvalue weighted by Gasteiger charge is 2.44. The first-order chi connectivity index (χ1) is 9.22. The Hall–Kier alpha value is -0.930. The van der Waals surface area contributed by atoms with Crippen LogP contribution < -0.4 is 5.32 Å². The molecule has 2 heterocycles. The van der Waals surface area contributed by atoms with Gasteiger partial charge in [-0.25, -0.2) is 0 Å². The van der Waals surface area contributed by atoms with Crippen molar-refractivity contribution in [1.29, 1.82) is 0 Å². The maximum atomic E-state index is 6.04. The summed E-state index contributed by atoms with van der Waals surface area (Å²) < 4.78 is 6.04. The minimum absolute atomic E-state index is 0.218. The topological polar surface area (TPSA) is 34.2 Å². The summed E-state index contributed by atoms with van der Waals surface area (Å²) in [7, 11) is 2.07. The molecule has 2 unspecified atom stereocenters. The maximum Gasteiger partial charge on any atom is 0.0686 e. The van der Waals surface area contributed by atoms with Crippen LogP contribution in [0.3, 0.4) is 0 Å². The monoisotopic (exact) mass is 260 g/mol. The van der Waals surface area contributed by atoms with E-state index in [-0.39, 0.29) is 5.60 Å². The highest BCUT2D eigenvalue weighted by atomic mass is 16.5. The number of nitrogens with one attached hydrogen (secondary N) is 1.